The Morgan fingerprint density at radius 2 is 0.556 bits per heavy atom. The summed E-state index contributed by atoms with van der Waals surface area (Å²) < 4.78 is 2.45. The Labute approximate surface area is 528 Å². The van der Waals surface area contributed by atoms with E-state index in [1.807, 2.05) is 12.1 Å². The maximum atomic E-state index is 5.22. The van der Waals surface area contributed by atoms with Crippen LogP contribution in [0.25, 0.3) is 173 Å². The molecule has 90 heavy (non-hydrogen) atoms. The zero-order valence-corrected chi connectivity index (χ0v) is 50.3. The van der Waals surface area contributed by atoms with Crippen molar-refractivity contribution in [3.63, 3.8) is 0 Å². The minimum absolute atomic E-state index is 0.742. The van der Waals surface area contributed by atoms with Gasteiger partial charge in [-0.3, -0.25) is 0 Å². The number of nitrogens with zero attached hydrogens (tertiary/aromatic N) is 4. The summed E-state index contributed by atoms with van der Waals surface area (Å²) in [5.41, 5.74) is 15.6. The van der Waals surface area contributed by atoms with Crippen molar-refractivity contribution >= 4 is 106 Å². The van der Waals surface area contributed by atoms with Gasteiger partial charge in [-0.15, -0.1) is 22.7 Å². The van der Waals surface area contributed by atoms with Crippen LogP contribution in [0, 0.1) is 0 Å². The van der Waals surface area contributed by atoms with Gasteiger partial charge in [-0.05, 0) is 136 Å². The van der Waals surface area contributed by atoms with Gasteiger partial charge in [0.2, 0.25) is 0 Å². The van der Waals surface area contributed by atoms with Gasteiger partial charge in [0.1, 0.15) is 9.66 Å². The molecule has 0 aliphatic carbocycles. The molecule has 18 aromatic rings. The van der Waals surface area contributed by atoms with Crippen LogP contribution in [0.15, 0.2) is 315 Å². The lowest BCUT2D eigenvalue weighted by molar-refractivity contribution is 1.24. The maximum Gasteiger partial charge on any atom is 0.161 e. The van der Waals surface area contributed by atoms with E-state index in [4.69, 9.17) is 19.9 Å². The Hall–Kier alpha value is -11.3. The summed E-state index contributed by atoms with van der Waals surface area (Å²) in [6, 6.07) is 112. The maximum absolute atomic E-state index is 5.22. The SMILES string of the molecule is c1ccc(-c2nc(-c3cccc(-c4cccc(-c5cc6ccccc6c6ccccc56)c4)c3)nc3sc4ccccc4c23)cc1.c1ccc(-c2nc(-c3cccc(-c4cccc(-c5ccc6c(ccc7ccccc76)c5)c4)c3)nc3sc4ccccc4c23)cc1. The Morgan fingerprint density at radius 3 is 1.10 bits per heavy atom. The number of hydrogen-bond acceptors (Lipinski definition) is 6. The molecule has 0 fully saturated rings. The van der Waals surface area contributed by atoms with Gasteiger partial charge in [0, 0.05) is 53.2 Å². The first kappa shape index (κ1) is 53.0. The largest absolute Gasteiger partial charge is 0.227 e. The Balaban J connectivity index is 0.000000139. The molecule has 0 radical (unpaired) electrons. The van der Waals surface area contributed by atoms with Crippen LogP contribution in [0.2, 0.25) is 0 Å². The van der Waals surface area contributed by atoms with E-state index < -0.39 is 0 Å². The van der Waals surface area contributed by atoms with Crippen LogP contribution in [-0.4, -0.2) is 19.9 Å². The fraction of sp³-hybridized carbons (Fsp3) is 0. The molecular weight excluding hydrogens is 1130 g/mol. The lowest BCUT2D eigenvalue weighted by Gasteiger charge is -2.13. The smallest absolute Gasteiger partial charge is 0.161 e. The minimum Gasteiger partial charge on any atom is -0.227 e. The van der Waals surface area contributed by atoms with Crippen LogP contribution < -0.4 is 0 Å². The van der Waals surface area contributed by atoms with Gasteiger partial charge in [-0.25, -0.2) is 19.9 Å². The zero-order valence-electron chi connectivity index (χ0n) is 48.6. The Kier molecular flexibility index (Phi) is 13.2. The second-order valence-electron chi connectivity index (χ2n) is 22.8. The van der Waals surface area contributed by atoms with E-state index in [1.165, 1.54) is 91.1 Å². The van der Waals surface area contributed by atoms with Gasteiger partial charge in [0.25, 0.3) is 0 Å². The highest BCUT2D eigenvalue weighted by Gasteiger charge is 2.20. The summed E-state index contributed by atoms with van der Waals surface area (Å²) >= 11 is 3.46. The van der Waals surface area contributed by atoms with E-state index in [2.05, 4.69) is 303 Å². The second-order valence-corrected chi connectivity index (χ2v) is 24.9. The van der Waals surface area contributed by atoms with Gasteiger partial charge in [0.05, 0.1) is 11.4 Å². The molecule has 0 N–H and O–H groups in total. The predicted molar refractivity (Wildman–Crippen MR) is 383 cm³/mol. The highest BCUT2D eigenvalue weighted by Crippen LogP contribution is 2.43. The van der Waals surface area contributed by atoms with Crippen molar-refractivity contribution in [3.8, 4) is 89.8 Å². The highest BCUT2D eigenvalue weighted by atomic mass is 32.1. The minimum atomic E-state index is 0.742. The molecule has 0 aliphatic heterocycles. The van der Waals surface area contributed by atoms with Crippen molar-refractivity contribution in [2.45, 2.75) is 0 Å². The van der Waals surface area contributed by atoms with Crippen molar-refractivity contribution < 1.29 is 0 Å². The van der Waals surface area contributed by atoms with Crippen LogP contribution in [0.4, 0.5) is 0 Å². The monoisotopic (exact) mass is 1180 g/mol. The predicted octanol–water partition coefficient (Wildman–Crippen LogP) is 23.6. The summed E-state index contributed by atoms with van der Waals surface area (Å²) in [4.78, 5) is 22.7. The van der Waals surface area contributed by atoms with E-state index in [0.717, 1.165) is 82.4 Å². The van der Waals surface area contributed by atoms with Crippen molar-refractivity contribution in [2.75, 3.05) is 0 Å². The van der Waals surface area contributed by atoms with Gasteiger partial charge in [-0.1, -0.05) is 267 Å². The molecule has 4 nitrogen and oxygen atoms in total. The molecule has 0 amide bonds. The average Bonchev–Trinajstić information content (AvgIpc) is 1.73. The molecule has 0 saturated carbocycles. The van der Waals surface area contributed by atoms with Crippen molar-refractivity contribution in [2.24, 2.45) is 0 Å². The molecule has 0 saturated heterocycles. The third kappa shape index (κ3) is 9.63. The summed E-state index contributed by atoms with van der Waals surface area (Å²) in [6.45, 7) is 0. The number of hydrogen-bond donors (Lipinski definition) is 0. The van der Waals surface area contributed by atoms with Crippen LogP contribution in [0.5, 0.6) is 0 Å². The number of fused-ring (bicyclic) bond motifs is 12. The molecule has 6 heteroatoms. The van der Waals surface area contributed by atoms with E-state index >= 15 is 0 Å². The number of thiophene rings is 2. The van der Waals surface area contributed by atoms with Crippen LogP contribution in [0.3, 0.4) is 0 Å². The zero-order chi connectivity index (χ0) is 59.5. The molecule has 0 bridgehead atoms. The van der Waals surface area contributed by atoms with Gasteiger partial charge in [0.15, 0.2) is 11.6 Å². The number of benzene rings is 14. The lowest BCUT2D eigenvalue weighted by atomic mass is 9.91. The van der Waals surface area contributed by atoms with Crippen LogP contribution >= 0.6 is 22.7 Å². The average molecular weight is 1180 g/mol. The second kappa shape index (κ2) is 22.5. The molecule has 4 heterocycles. The number of aromatic nitrogens is 4. The van der Waals surface area contributed by atoms with Gasteiger partial charge >= 0.3 is 0 Å². The normalized spacial score (nSPS) is 11.6. The molecular formula is C84H52N4S2. The Bertz CT molecular complexity index is 5810. The first-order valence-electron chi connectivity index (χ1n) is 30.3. The topological polar surface area (TPSA) is 51.6 Å². The third-order valence-electron chi connectivity index (χ3n) is 17.4. The fourth-order valence-electron chi connectivity index (χ4n) is 13.0. The van der Waals surface area contributed by atoms with Gasteiger partial charge in [-0.2, -0.15) is 0 Å². The summed E-state index contributed by atoms with van der Waals surface area (Å²) in [6.07, 6.45) is 0. The summed E-state index contributed by atoms with van der Waals surface area (Å²) in [5.74, 6) is 1.49. The fourth-order valence-corrected chi connectivity index (χ4v) is 15.2. The van der Waals surface area contributed by atoms with Crippen molar-refractivity contribution in [1.82, 2.24) is 19.9 Å². The summed E-state index contributed by atoms with van der Waals surface area (Å²) in [7, 11) is 0. The summed E-state index contributed by atoms with van der Waals surface area (Å²) in [5, 5.41) is 14.8. The molecule has 14 aromatic carbocycles. The van der Waals surface area contributed by atoms with Crippen molar-refractivity contribution in [1.29, 1.82) is 0 Å². The number of rotatable bonds is 8. The quantitative estimate of drug-likeness (QED) is 0.142. The molecule has 4 aromatic heterocycles. The third-order valence-corrected chi connectivity index (χ3v) is 19.5. The molecule has 0 aliphatic rings. The van der Waals surface area contributed by atoms with E-state index in [0.29, 0.717) is 0 Å². The Morgan fingerprint density at radius 1 is 0.200 bits per heavy atom. The lowest BCUT2D eigenvalue weighted by Crippen LogP contribution is -1.94. The molecule has 18 rings (SSSR count). The molecule has 0 atom stereocenters. The van der Waals surface area contributed by atoms with Crippen LogP contribution in [-0.2, 0) is 0 Å². The van der Waals surface area contributed by atoms with E-state index in [1.54, 1.807) is 22.7 Å². The first-order chi connectivity index (χ1) is 44.6. The van der Waals surface area contributed by atoms with E-state index in [9.17, 15) is 0 Å². The first-order valence-corrected chi connectivity index (χ1v) is 32.0. The van der Waals surface area contributed by atoms with E-state index in [-0.39, 0.29) is 0 Å². The molecule has 0 spiro atoms. The van der Waals surface area contributed by atoms with Gasteiger partial charge < -0.3 is 0 Å². The standard InChI is InChI=1S/2C42H26N2S/c1-2-11-28(12-3-1)40-39-37-18-6-7-19-38(37)45-42(39)44-41(43-40)34-16-9-15-31(26-34)29-13-8-14-30(24-29)32-22-23-36-33(25-32)21-20-27-10-4-5-17-35(27)36;1-2-12-27(13-3-1)40-39-36-22-8-9-23-38(36)45-42(39)44-41(43-40)32-18-11-16-29(25-32)28-15-10-17-30(24-28)37-26-31-14-4-5-19-33(31)34-20-6-7-21-35(34)37/h2*1-26H. The van der Waals surface area contributed by atoms with Crippen LogP contribution in [0.1, 0.15) is 0 Å². The molecule has 0 unspecified atom stereocenters. The van der Waals surface area contributed by atoms with Crippen molar-refractivity contribution in [3.05, 3.63) is 315 Å². The highest BCUT2D eigenvalue weighted by molar-refractivity contribution is 7.26. The molecule has 420 valence electrons.